The maximum absolute atomic E-state index is 12.5. The Labute approximate surface area is 156 Å². The summed E-state index contributed by atoms with van der Waals surface area (Å²) in [6.45, 7) is 7.22. The Hall–Kier alpha value is -2.51. The molecule has 1 aliphatic rings. The van der Waals surface area contributed by atoms with Gasteiger partial charge in [-0.2, -0.15) is 0 Å². The van der Waals surface area contributed by atoms with Crippen LogP contribution in [0.2, 0.25) is 0 Å². The zero-order valence-electron chi connectivity index (χ0n) is 15.6. The second-order valence-electron chi connectivity index (χ2n) is 6.76. The Morgan fingerprint density at radius 3 is 2.70 bits per heavy atom. The molecule has 5 nitrogen and oxygen atoms in total. The van der Waals surface area contributed by atoms with Gasteiger partial charge in [0.2, 0.25) is 0 Å². The molecule has 8 heteroatoms. The molecule has 2 heterocycles. The summed E-state index contributed by atoms with van der Waals surface area (Å²) in [6.07, 6.45) is -2.99. The second kappa shape index (κ2) is 7.62. The Bertz CT molecular complexity index is 810. The number of benzene rings is 1. The number of anilines is 2. The number of hydrogen-bond acceptors (Lipinski definition) is 5. The molecule has 1 aliphatic heterocycles. The Morgan fingerprint density at radius 2 is 2.00 bits per heavy atom. The SMILES string of the molecule is CC[C@@H](C)Nc1cc(N2CCc3ccc(OC(F)(F)F)cc3C2)nc(C)n1. The third kappa shape index (κ3) is 5.02. The first-order valence-corrected chi connectivity index (χ1v) is 8.98. The molecule has 0 saturated carbocycles. The van der Waals surface area contributed by atoms with Crippen LogP contribution in [0, 0.1) is 6.92 Å². The van der Waals surface area contributed by atoms with Crippen molar-refractivity contribution in [1.82, 2.24) is 9.97 Å². The highest BCUT2D eigenvalue weighted by molar-refractivity contribution is 5.52. The number of ether oxygens (including phenoxy) is 1. The molecule has 1 N–H and O–H groups in total. The van der Waals surface area contributed by atoms with Crippen LogP contribution in [0.3, 0.4) is 0 Å². The van der Waals surface area contributed by atoms with Crippen LogP contribution in [-0.4, -0.2) is 28.9 Å². The van der Waals surface area contributed by atoms with E-state index in [1.807, 2.05) is 13.0 Å². The first-order valence-electron chi connectivity index (χ1n) is 8.98. The zero-order valence-corrected chi connectivity index (χ0v) is 15.6. The lowest BCUT2D eigenvalue weighted by atomic mass is 9.99. The van der Waals surface area contributed by atoms with Gasteiger partial charge < -0.3 is 15.0 Å². The monoisotopic (exact) mass is 380 g/mol. The van der Waals surface area contributed by atoms with Gasteiger partial charge in [0.1, 0.15) is 23.2 Å². The van der Waals surface area contributed by atoms with Gasteiger partial charge in [0.05, 0.1) is 0 Å². The topological polar surface area (TPSA) is 50.3 Å². The summed E-state index contributed by atoms with van der Waals surface area (Å²) in [5, 5.41) is 3.34. The van der Waals surface area contributed by atoms with Crippen LogP contribution < -0.4 is 15.0 Å². The van der Waals surface area contributed by atoms with E-state index in [1.54, 1.807) is 6.07 Å². The minimum Gasteiger partial charge on any atom is -0.406 e. The lowest BCUT2D eigenvalue weighted by Crippen LogP contribution is -2.31. The fourth-order valence-electron chi connectivity index (χ4n) is 3.07. The molecule has 0 radical (unpaired) electrons. The molecular formula is C19H23F3N4O. The fourth-order valence-corrected chi connectivity index (χ4v) is 3.07. The maximum atomic E-state index is 12.5. The minimum absolute atomic E-state index is 0.193. The first kappa shape index (κ1) is 19.3. The Morgan fingerprint density at radius 1 is 1.22 bits per heavy atom. The Kier molecular flexibility index (Phi) is 5.43. The molecule has 1 aromatic carbocycles. The van der Waals surface area contributed by atoms with Gasteiger partial charge in [-0.15, -0.1) is 13.2 Å². The van der Waals surface area contributed by atoms with Gasteiger partial charge in [-0.25, -0.2) is 9.97 Å². The number of aryl methyl sites for hydroxylation is 1. The van der Waals surface area contributed by atoms with Crippen molar-refractivity contribution in [2.24, 2.45) is 0 Å². The molecule has 0 spiro atoms. The first-order chi connectivity index (χ1) is 12.7. The highest BCUT2D eigenvalue weighted by Gasteiger charge is 2.31. The molecule has 27 heavy (non-hydrogen) atoms. The van der Waals surface area contributed by atoms with Gasteiger partial charge in [-0.3, -0.25) is 0 Å². The predicted molar refractivity (Wildman–Crippen MR) is 98.0 cm³/mol. The van der Waals surface area contributed by atoms with E-state index in [0.29, 0.717) is 12.4 Å². The van der Waals surface area contributed by atoms with E-state index in [0.717, 1.165) is 42.1 Å². The standard InChI is InChI=1S/C19H23F3N4O/c1-4-12(2)23-17-10-18(25-13(3)24-17)26-8-7-14-5-6-16(9-15(14)11-26)27-19(20,21)22/h5-6,9-10,12H,4,7-8,11H2,1-3H3,(H,23,24,25)/t12-/m1/s1. The van der Waals surface area contributed by atoms with E-state index in [4.69, 9.17) is 0 Å². The number of nitrogens with one attached hydrogen (secondary N) is 1. The number of fused-ring (bicyclic) bond motifs is 1. The van der Waals surface area contributed by atoms with Crippen molar-refractivity contribution in [2.45, 2.75) is 52.6 Å². The summed E-state index contributed by atoms with van der Waals surface area (Å²) in [5.41, 5.74) is 1.85. The predicted octanol–water partition coefficient (Wildman–Crippen LogP) is 4.46. The van der Waals surface area contributed by atoms with Gasteiger partial charge in [-0.05, 0) is 49.9 Å². The highest BCUT2D eigenvalue weighted by atomic mass is 19.4. The minimum atomic E-state index is -4.69. The molecular weight excluding hydrogens is 357 g/mol. The van der Waals surface area contributed by atoms with Gasteiger partial charge in [0, 0.05) is 25.2 Å². The van der Waals surface area contributed by atoms with Gasteiger partial charge >= 0.3 is 6.36 Å². The molecule has 146 valence electrons. The highest BCUT2D eigenvalue weighted by Crippen LogP contribution is 2.30. The smallest absolute Gasteiger partial charge is 0.406 e. The third-order valence-electron chi connectivity index (χ3n) is 4.58. The summed E-state index contributed by atoms with van der Waals surface area (Å²) in [6, 6.07) is 6.71. The molecule has 0 fully saturated rings. The average Bonchev–Trinajstić information content (AvgIpc) is 2.59. The molecule has 2 aromatic rings. The van der Waals surface area contributed by atoms with Gasteiger partial charge in [0.25, 0.3) is 0 Å². The van der Waals surface area contributed by atoms with Crippen molar-refractivity contribution in [2.75, 3.05) is 16.8 Å². The molecule has 0 aliphatic carbocycles. The van der Waals surface area contributed by atoms with Crippen molar-refractivity contribution in [3.8, 4) is 5.75 Å². The van der Waals surface area contributed by atoms with E-state index in [9.17, 15) is 13.2 Å². The van der Waals surface area contributed by atoms with Gasteiger partial charge in [-0.1, -0.05) is 13.0 Å². The molecule has 1 aromatic heterocycles. The van der Waals surface area contributed by atoms with Crippen molar-refractivity contribution >= 4 is 11.6 Å². The molecule has 0 saturated heterocycles. The van der Waals surface area contributed by atoms with E-state index < -0.39 is 6.36 Å². The van der Waals surface area contributed by atoms with Crippen LogP contribution in [0.5, 0.6) is 5.75 Å². The number of rotatable bonds is 5. The second-order valence-corrected chi connectivity index (χ2v) is 6.76. The molecule has 3 rings (SSSR count). The normalized spacial score (nSPS) is 15.3. The molecule has 0 bridgehead atoms. The van der Waals surface area contributed by atoms with Crippen LogP contribution in [0.25, 0.3) is 0 Å². The summed E-state index contributed by atoms with van der Waals surface area (Å²) in [5.74, 6) is 1.98. The van der Waals surface area contributed by atoms with Crippen LogP contribution in [-0.2, 0) is 13.0 Å². The van der Waals surface area contributed by atoms with E-state index in [-0.39, 0.29) is 11.8 Å². The fraction of sp³-hybridized carbons (Fsp3) is 0.474. The number of nitrogens with zero attached hydrogens (tertiary/aromatic N) is 3. The van der Waals surface area contributed by atoms with E-state index in [2.05, 4.69) is 38.8 Å². The molecule has 0 amide bonds. The molecule has 0 unspecified atom stereocenters. The van der Waals surface area contributed by atoms with Crippen LogP contribution in [0.15, 0.2) is 24.3 Å². The third-order valence-corrected chi connectivity index (χ3v) is 4.58. The van der Waals surface area contributed by atoms with Crippen LogP contribution in [0.4, 0.5) is 24.8 Å². The largest absolute Gasteiger partial charge is 0.573 e. The quantitative estimate of drug-likeness (QED) is 0.830. The number of aromatic nitrogens is 2. The number of halogens is 3. The zero-order chi connectivity index (χ0) is 19.6. The van der Waals surface area contributed by atoms with Crippen molar-refractivity contribution in [3.63, 3.8) is 0 Å². The van der Waals surface area contributed by atoms with Crippen LogP contribution >= 0.6 is 0 Å². The summed E-state index contributed by atoms with van der Waals surface area (Å²) >= 11 is 0. The summed E-state index contributed by atoms with van der Waals surface area (Å²) < 4.78 is 41.5. The summed E-state index contributed by atoms with van der Waals surface area (Å²) in [7, 11) is 0. The Balaban J connectivity index is 1.81. The van der Waals surface area contributed by atoms with Crippen molar-refractivity contribution in [1.29, 1.82) is 0 Å². The maximum Gasteiger partial charge on any atom is 0.573 e. The number of hydrogen-bond donors (Lipinski definition) is 1. The van der Waals surface area contributed by atoms with Crippen LogP contribution in [0.1, 0.15) is 37.2 Å². The van der Waals surface area contributed by atoms with Gasteiger partial charge in [0.15, 0.2) is 0 Å². The van der Waals surface area contributed by atoms with Crippen molar-refractivity contribution in [3.05, 3.63) is 41.2 Å². The van der Waals surface area contributed by atoms with E-state index >= 15 is 0 Å². The van der Waals surface area contributed by atoms with Crippen molar-refractivity contribution < 1.29 is 17.9 Å². The average molecular weight is 380 g/mol. The lowest BCUT2D eigenvalue weighted by Gasteiger charge is -2.30. The van der Waals surface area contributed by atoms with E-state index in [1.165, 1.54) is 12.1 Å². The summed E-state index contributed by atoms with van der Waals surface area (Å²) in [4.78, 5) is 11.0. The molecule has 1 atom stereocenters. The lowest BCUT2D eigenvalue weighted by molar-refractivity contribution is -0.274. The number of alkyl halides is 3.